The second-order valence-corrected chi connectivity index (χ2v) is 4.23. The van der Waals surface area contributed by atoms with Gasteiger partial charge < -0.3 is 10.1 Å². The van der Waals surface area contributed by atoms with Crippen LogP contribution >= 0.6 is 11.3 Å². The summed E-state index contributed by atoms with van der Waals surface area (Å²) in [5.74, 6) is -0.674. The molecule has 0 saturated heterocycles. The molecule has 0 aromatic carbocycles. The van der Waals surface area contributed by atoms with E-state index in [9.17, 15) is 14.4 Å². The topological polar surface area (TPSA) is 77.4 Å². The predicted molar refractivity (Wildman–Crippen MR) is 63.0 cm³/mol. The van der Waals surface area contributed by atoms with Gasteiger partial charge in [-0.25, -0.2) is 0 Å². The summed E-state index contributed by atoms with van der Waals surface area (Å²) in [5.41, 5.74) is 0.753. The zero-order valence-electron chi connectivity index (χ0n) is 9.69. The summed E-state index contributed by atoms with van der Waals surface area (Å²) in [6, 6.07) is 0. The van der Waals surface area contributed by atoms with Crippen molar-refractivity contribution in [3.63, 3.8) is 0 Å². The van der Waals surface area contributed by atoms with E-state index in [0.717, 1.165) is 17.0 Å². The molecule has 1 N–H and O–H groups in total. The van der Waals surface area contributed by atoms with Gasteiger partial charge in [0.15, 0.2) is 0 Å². The summed E-state index contributed by atoms with van der Waals surface area (Å²) >= 11 is 1.06. The molecular formula is C10H14N2O4S. The Balaban J connectivity index is 2.40. The van der Waals surface area contributed by atoms with Crippen molar-refractivity contribution in [3.05, 3.63) is 20.7 Å². The SMILES string of the molecule is COC(=O)CCNC(=O)Cn1c(C)csc1=O. The van der Waals surface area contributed by atoms with Crippen molar-refractivity contribution >= 4 is 23.2 Å². The molecule has 7 heteroatoms. The first-order chi connectivity index (χ1) is 8.04. The number of ether oxygens (including phenoxy) is 1. The Kier molecular flexibility index (Phi) is 4.89. The molecule has 1 heterocycles. The number of aryl methyl sites for hydroxylation is 1. The molecule has 0 bridgehead atoms. The van der Waals surface area contributed by atoms with Gasteiger partial charge in [0.2, 0.25) is 5.91 Å². The first-order valence-corrected chi connectivity index (χ1v) is 5.91. The maximum atomic E-state index is 11.5. The summed E-state index contributed by atoms with van der Waals surface area (Å²) in [5, 5.41) is 4.24. The molecule has 0 fully saturated rings. The highest BCUT2D eigenvalue weighted by Crippen LogP contribution is 1.98. The molecule has 1 aromatic rings. The zero-order valence-corrected chi connectivity index (χ0v) is 10.5. The van der Waals surface area contributed by atoms with E-state index in [-0.39, 0.29) is 36.3 Å². The fraction of sp³-hybridized carbons (Fsp3) is 0.500. The van der Waals surface area contributed by atoms with Crippen LogP contribution in [-0.4, -0.2) is 30.1 Å². The molecule has 0 aliphatic carbocycles. The van der Waals surface area contributed by atoms with Gasteiger partial charge in [-0.3, -0.25) is 19.0 Å². The third kappa shape index (κ3) is 4.03. The molecule has 0 aliphatic rings. The maximum Gasteiger partial charge on any atom is 0.307 e. The van der Waals surface area contributed by atoms with Crippen molar-refractivity contribution in [1.29, 1.82) is 0 Å². The lowest BCUT2D eigenvalue weighted by Gasteiger charge is -2.05. The summed E-state index contributed by atoms with van der Waals surface area (Å²) in [4.78, 5) is 33.4. The molecule has 6 nitrogen and oxygen atoms in total. The molecule has 17 heavy (non-hydrogen) atoms. The maximum absolute atomic E-state index is 11.5. The van der Waals surface area contributed by atoms with Crippen LogP contribution in [0.25, 0.3) is 0 Å². The second kappa shape index (κ2) is 6.19. The quantitative estimate of drug-likeness (QED) is 0.748. The lowest BCUT2D eigenvalue weighted by Crippen LogP contribution is -2.32. The number of hydrogen-bond donors (Lipinski definition) is 1. The summed E-state index contributed by atoms with van der Waals surface area (Å²) in [6.07, 6.45) is 0.125. The van der Waals surface area contributed by atoms with Gasteiger partial charge in [0.1, 0.15) is 6.54 Å². The van der Waals surface area contributed by atoms with Crippen LogP contribution in [-0.2, 0) is 20.9 Å². The molecular weight excluding hydrogens is 244 g/mol. The van der Waals surface area contributed by atoms with E-state index in [1.807, 2.05) is 0 Å². The average Bonchev–Trinajstić information content (AvgIpc) is 2.60. The van der Waals surface area contributed by atoms with Crippen molar-refractivity contribution in [3.8, 4) is 0 Å². The third-order valence-corrected chi connectivity index (χ3v) is 3.04. The number of carbonyl (C=O) groups is 2. The Morgan fingerprint density at radius 2 is 2.24 bits per heavy atom. The lowest BCUT2D eigenvalue weighted by atomic mass is 10.4. The molecule has 0 unspecified atom stereocenters. The van der Waals surface area contributed by atoms with Gasteiger partial charge in [-0.1, -0.05) is 11.3 Å². The molecule has 0 radical (unpaired) electrons. The highest BCUT2D eigenvalue weighted by atomic mass is 32.1. The van der Waals surface area contributed by atoms with E-state index in [2.05, 4.69) is 10.1 Å². The molecule has 94 valence electrons. The number of nitrogens with zero attached hydrogens (tertiary/aromatic N) is 1. The zero-order chi connectivity index (χ0) is 12.8. The van der Waals surface area contributed by atoms with Gasteiger partial charge in [-0.2, -0.15) is 0 Å². The van der Waals surface area contributed by atoms with Crippen LogP contribution in [0.15, 0.2) is 10.2 Å². The summed E-state index contributed by atoms with van der Waals surface area (Å²) in [7, 11) is 1.29. The number of aromatic nitrogens is 1. The number of methoxy groups -OCH3 is 1. The Bertz CT molecular complexity index is 463. The Hall–Kier alpha value is -1.63. The third-order valence-electron chi connectivity index (χ3n) is 2.16. The summed E-state index contributed by atoms with van der Waals surface area (Å²) in [6.45, 7) is 1.96. The number of hydrogen-bond acceptors (Lipinski definition) is 5. The van der Waals surface area contributed by atoms with Gasteiger partial charge in [-0.05, 0) is 6.92 Å². The van der Waals surface area contributed by atoms with Crippen molar-refractivity contribution < 1.29 is 14.3 Å². The van der Waals surface area contributed by atoms with E-state index < -0.39 is 0 Å². The largest absolute Gasteiger partial charge is 0.469 e. The highest BCUT2D eigenvalue weighted by molar-refractivity contribution is 7.07. The molecule has 0 aliphatic heterocycles. The van der Waals surface area contributed by atoms with E-state index in [1.165, 1.54) is 11.7 Å². The van der Waals surface area contributed by atoms with Crippen molar-refractivity contribution in [2.45, 2.75) is 19.9 Å². The normalized spacial score (nSPS) is 10.0. The minimum absolute atomic E-state index is 0.0185. The van der Waals surface area contributed by atoms with Crippen LogP contribution in [0, 0.1) is 6.92 Å². The first-order valence-electron chi connectivity index (χ1n) is 5.03. The van der Waals surface area contributed by atoms with Crippen molar-refractivity contribution in [1.82, 2.24) is 9.88 Å². The summed E-state index contributed by atoms with van der Waals surface area (Å²) < 4.78 is 5.82. The van der Waals surface area contributed by atoms with Crippen LogP contribution in [0.1, 0.15) is 12.1 Å². The smallest absolute Gasteiger partial charge is 0.307 e. The van der Waals surface area contributed by atoms with E-state index in [0.29, 0.717) is 0 Å². The molecule has 1 amide bonds. The lowest BCUT2D eigenvalue weighted by molar-refractivity contribution is -0.140. The van der Waals surface area contributed by atoms with E-state index in [1.54, 1.807) is 12.3 Å². The van der Waals surface area contributed by atoms with Gasteiger partial charge in [-0.15, -0.1) is 0 Å². The Morgan fingerprint density at radius 3 is 2.76 bits per heavy atom. The van der Waals surface area contributed by atoms with Crippen LogP contribution in [0.5, 0.6) is 0 Å². The van der Waals surface area contributed by atoms with Gasteiger partial charge in [0.05, 0.1) is 13.5 Å². The van der Waals surface area contributed by atoms with Crippen LogP contribution in [0.3, 0.4) is 0 Å². The molecule has 0 saturated carbocycles. The number of rotatable bonds is 5. The van der Waals surface area contributed by atoms with Gasteiger partial charge in [0.25, 0.3) is 0 Å². The Morgan fingerprint density at radius 1 is 1.53 bits per heavy atom. The van der Waals surface area contributed by atoms with E-state index >= 15 is 0 Å². The fourth-order valence-corrected chi connectivity index (χ4v) is 1.94. The molecule has 0 spiro atoms. The molecule has 0 atom stereocenters. The number of nitrogens with one attached hydrogen (secondary N) is 1. The molecule has 1 aromatic heterocycles. The van der Waals surface area contributed by atoms with Crippen LogP contribution in [0.4, 0.5) is 0 Å². The molecule has 1 rings (SSSR count). The minimum Gasteiger partial charge on any atom is -0.469 e. The van der Waals surface area contributed by atoms with Crippen LogP contribution in [0.2, 0.25) is 0 Å². The highest BCUT2D eigenvalue weighted by Gasteiger charge is 2.08. The van der Waals surface area contributed by atoms with Crippen LogP contribution < -0.4 is 10.2 Å². The van der Waals surface area contributed by atoms with Crippen molar-refractivity contribution in [2.75, 3.05) is 13.7 Å². The fourth-order valence-electron chi connectivity index (χ4n) is 1.20. The standard InChI is InChI=1S/C10H14N2O4S/c1-7-6-17-10(15)12(7)5-8(13)11-4-3-9(14)16-2/h6H,3-5H2,1-2H3,(H,11,13). The number of amides is 1. The van der Waals surface area contributed by atoms with Crippen molar-refractivity contribution in [2.24, 2.45) is 0 Å². The predicted octanol–water partition coefficient (Wildman–Crippen LogP) is -0.102. The average molecular weight is 258 g/mol. The van der Waals surface area contributed by atoms with E-state index in [4.69, 9.17) is 0 Å². The monoisotopic (exact) mass is 258 g/mol. The second-order valence-electron chi connectivity index (χ2n) is 3.41. The Labute approximate surface area is 102 Å². The number of carbonyl (C=O) groups excluding carboxylic acids is 2. The minimum atomic E-state index is -0.380. The van der Waals surface area contributed by atoms with Gasteiger partial charge in [0, 0.05) is 17.6 Å². The first kappa shape index (κ1) is 13.4. The van der Waals surface area contributed by atoms with Gasteiger partial charge >= 0.3 is 10.8 Å². The number of thiazole rings is 1. The number of esters is 1.